The van der Waals surface area contributed by atoms with E-state index in [0.717, 1.165) is 0 Å². The Morgan fingerprint density at radius 2 is 1.95 bits per heavy atom. The molecule has 0 fully saturated rings. The van der Waals surface area contributed by atoms with Crippen LogP contribution in [0.25, 0.3) is 11.3 Å². The number of halogens is 2. The van der Waals surface area contributed by atoms with Crippen molar-refractivity contribution in [2.75, 3.05) is 12.8 Å². The van der Waals surface area contributed by atoms with Crippen LogP contribution in [0.3, 0.4) is 0 Å². The van der Waals surface area contributed by atoms with Crippen molar-refractivity contribution in [1.82, 2.24) is 4.98 Å². The first kappa shape index (κ1) is 13.9. The second-order valence-electron chi connectivity index (χ2n) is 4.13. The molecule has 0 aliphatic rings. The number of anilines is 1. The van der Waals surface area contributed by atoms with Crippen molar-refractivity contribution in [3.05, 3.63) is 47.2 Å². The zero-order valence-corrected chi connectivity index (χ0v) is 10.9. The van der Waals surface area contributed by atoms with Gasteiger partial charge in [0.15, 0.2) is 11.5 Å². The Labute approximate surface area is 114 Å². The van der Waals surface area contributed by atoms with Crippen LogP contribution in [-0.4, -0.2) is 18.1 Å². The summed E-state index contributed by atoms with van der Waals surface area (Å²) in [5, 5.41) is 0. The molecule has 4 nitrogen and oxygen atoms in total. The number of benzene rings is 1. The van der Waals surface area contributed by atoms with Crippen LogP contribution in [0.1, 0.15) is 16.1 Å². The molecule has 0 unspecified atom stereocenters. The Kier molecular flexibility index (Phi) is 3.65. The maximum absolute atomic E-state index is 14.2. The molecule has 0 saturated heterocycles. The highest BCUT2D eigenvalue weighted by molar-refractivity contribution is 5.91. The highest BCUT2D eigenvalue weighted by atomic mass is 19.1. The molecule has 2 aromatic rings. The molecule has 0 bridgehead atoms. The lowest BCUT2D eigenvalue weighted by Crippen LogP contribution is -2.12. The molecule has 20 heavy (non-hydrogen) atoms. The molecule has 2 N–H and O–H groups in total. The van der Waals surface area contributed by atoms with Gasteiger partial charge in [-0.05, 0) is 19.1 Å². The van der Waals surface area contributed by atoms with E-state index in [-0.39, 0.29) is 28.2 Å². The fourth-order valence-electron chi connectivity index (χ4n) is 1.79. The van der Waals surface area contributed by atoms with Crippen LogP contribution in [0.15, 0.2) is 24.3 Å². The topological polar surface area (TPSA) is 65.2 Å². The number of carbonyl (C=O) groups is 1. The third kappa shape index (κ3) is 2.20. The Balaban J connectivity index is 2.75. The molecule has 1 aromatic carbocycles. The fraction of sp³-hybridized carbons (Fsp3) is 0.143. The lowest BCUT2D eigenvalue weighted by Gasteiger charge is -2.12. The lowest BCUT2D eigenvalue weighted by molar-refractivity contribution is 0.0593. The minimum absolute atomic E-state index is 0.0677. The Hall–Kier alpha value is -2.50. The molecule has 0 aliphatic heterocycles. The van der Waals surface area contributed by atoms with E-state index >= 15 is 0 Å². The number of nitrogens with two attached hydrogens (primary N) is 1. The van der Waals surface area contributed by atoms with Crippen LogP contribution in [-0.2, 0) is 4.74 Å². The molecule has 0 radical (unpaired) electrons. The molecule has 1 aromatic heterocycles. The molecule has 0 spiro atoms. The van der Waals surface area contributed by atoms with Gasteiger partial charge in [-0.15, -0.1) is 0 Å². The SMILES string of the molecule is COC(=O)c1nc(-c2ccccc2F)c(F)c(N)c1C. The van der Waals surface area contributed by atoms with Gasteiger partial charge in [-0.1, -0.05) is 12.1 Å². The zero-order valence-electron chi connectivity index (χ0n) is 10.9. The van der Waals surface area contributed by atoms with Gasteiger partial charge in [0.2, 0.25) is 0 Å². The quantitative estimate of drug-likeness (QED) is 0.858. The fourth-order valence-corrected chi connectivity index (χ4v) is 1.79. The van der Waals surface area contributed by atoms with E-state index in [9.17, 15) is 13.6 Å². The Morgan fingerprint density at radius 3 is 2.55 bits per heavy atom. The maximum atomic E-state index is 14.2. The third-order valence-corrected chi connectivity index (χ3v) is 2.93. The van der Waals surface area contributed by atoms with E-state index in [1.165, 1.54) is 38.3 Å². The summed E-state index contributed by atoms with van der Waals surface area (Å²) in [5.74, 6) is -2.27. The normalized spacial score (nSPS) is 10.4. The first-order valence-electron chi connectivity index (χ1n) is 5.76. The number of hydrogen-bond donors (Lipinski definition) is 1. The van der Waals surface area contributed by atoms with E-state index in [1.54, 1.807) is 0 Å². The van der Waals surface area contributed by atoms with Gasteiger partial charge in [0.05, 0.1) is 12.8 Å². The summed E-state index contributed by atoms with van der Waals surface area (Å²) >= 11 is 0. The Morgan fingerprint density at radius 1 is 1.30 bits per heavy atom. The number of rotatable bonds is 2. The minimum Gasteiger partial charge on any atom is -0.464 e. The van der Waals surface area contributed by atoms with Crippen LogP contribution in [0, 0.1) is 18.6 Å². The number of aromatic nitrogens is 1. The van der Waals surface area contributed by atoms with Crippen LogP contribution < -0.4 is 5.73 Å². The lowest BCUT2D eigenvalue weighted by atomic mass is 10.1. The summed E-state index contributed by atoms with van der Waals surface area (Å²) in [4.78, 5) is 15.5. The molecule has 1 heterocycles. The molecular formula is C14H12F2N2O2. The molecule has 6 heteroatoms. The first-order valence-corrected chi connectivity index (χ1v) is 5.76. The van der Waals surface area contributed by atoms with Crippen LogP contribution in [0.4, 0.5) is 14.5 Å². The van der Waals surface area contributed by atoms with E-state index in [2.05, 4.69) is 9.72 Å². The number of nitrogens with zero attached hydrogens (tertiary/aromatic N) is 1. The van der Waals surface area contributed by atoms with Crippen molar-refractivity contribution in [3.63, 3.8) is 0 Å². The van der Waals surface area contributed by atoms with E-state index in [1.807, 2.05) is 0 Å². The summed E-state index contributed by atoms with van der Waals surface area (Å²) in [6.45, 7) is 1.45. The summed E-state index contributed by atoms with van der Waals surface area (Å²) in [6.07, 6.45) is 0. The second-order valence-corrected chi connectivity index (χ2v) is 4.13. The molecule has 0 aliphatic carbocycles. The number of hydrogen-bond acceptors (Lipinski definition) is 4. The molecule has 0 saturated carbocycles. The predicted molar refractivity (Wildman–Crippen MR) is 70.1 cm³/mol. The monoisotopic (exact) mass is 278 g/mol. The highest BCUT2D eigenvalue weighted by Crippen LogP contribution is 2.30. The van der Waals surface area contributed by atoms with E-state index in [0.29, 0.717) is 0 Å². The smallest absolute Gasteiger partial charge is 0.357 e. The summed E-state index contributed by atoms with van der Waals surface area (Å²) in [7, 11) is 1.17. The van der Waals surface area contributed by atoms with Crippen molar-refractivity contribution in [2.24, 2.45) is 0 Å². The van der Waals surface area contributed by atoms with Crippen molar-refractivity contribution in [1.29, 1.82) is 0 Å². The molecule has 0 amide bonds. The van der Waals surface area contributed by atoms with E-state index in [4.69, 9.17) is 5.73 Å². The maximum Gasteiger partial charge on any atom is 0.357 e. The van der Waals surface area contributed by atoms with Gasteiger partial charge in [-0.2, -0.15) is 0 Å². The van der Waals surface area contributed by atoms with Gasteiger partial charge in [0.25, 0.3) is 0 Å². The number of methoxy groups -OCH3 is 1. The summed E-state index contributed by atoms with van der Waals surface area (Å²) in [6, 6.07) is 5.53. The molecule has 0 atom stereocenters. The minimum atomic E-state index is -0.861. The predicted octanol–water partition coefficient (Wildman–Crippen LogP) is 2.70. The second kappa shape index (κ2) is 5.24. The van der Waals surface area contributed by atoms with Gasteiger partial charge in [0.1, 0.15) is 11.5 Å². The van der Waals surface area contributed by atoms with Crippen molar-refractivity contribution in [3.8, 4) is 11.3 Å². The van der Waals surface area contributed by atoms with Gasteiger partial charge in [-0.3, -0.25) is 0 Å². The average molecular weight is 278 g/mol. The summed E-state index contributed by atoms with van der Waals surface area (Å²) in [5.41, 5.74) is 5.01. The van der Waals surface area contributed by atoms with Gasteiger partial charge < -0.3 is 10.5 Å². The largest absolute Gasteiger partial charge is 0.464 e. The molecular weight excluding hydrogens is 266 g/mol. The van der Waals surface area contributed by atoms with Gasteiger partial charge in [-0.25, -0.2) is 18.6 Å². The summed E-state index contributed by atoms with van der Waals surface area (Å²) < 4.78 is 32.5. The third-order valence-electron chi connectivity index (χ3n) is 2.93. The van der Waals surface area contributed by atoms with Gasteiger partial charge >= 0.3 is 5.97 Å². The van der Waals surface area contributed by atoms with E-state index < -0.39 is 17.6 Å². The standard InChI is InChI=1S/C14H12F2N2O2/c1-7-11(17)10(16)13(18-12(7)14(19)20-2)8-5-3-4-6-9(8)15/h3-6H,1-2H3,(H2,17,18). The van der Waals surface area contributed by atoms with Crippen LogP contribution in [0.2, 0.25) is 0 Å². The molecule has 2 rings (SSSR count). The van der Waals surface area contributed by atoms with Crippen LogP contribution >= 0.6 is 0 Å². The number of pyridine rings is 1. The van der Waals surface area contributed by atoms with Crippen molar-refractivity contribution in [2.45, 2.75) is 6.92 Å². The average Bonchev–Trinajstić information content (AvgIpc) is 2.45. The van der Waals surface area contributed by atoms with Crippen molar-refractivity contribution >= 4 is 11.7 Å². The zero-order chi connectivity index (χ0) is 14.9. The number of ether oxygens (including phenoxy) is 1. The Bertz CT molecular complexity index is 687. The number of nitrogen functional groups attached to an aromatic ring is 1. The number of carbonyl (C=O) groups excluding carboxylic acids is 1. The first-order chi connectivity index (χ1) is 9.47. The van der Waals surface area contributed by atoms with Crippen molar-refractivity contribution < 1.29 is 18.3 Å². The highest BCUT2D eigenvalue weighted by Gasteiger charge is 2.22. The number of esters is 1. The van der Waals surface area contributed by atoms with Gasteiger partial charge in [0, 0.05) is 11.1 Å². The molecule has 104 valence electrons. The van der Waals surface area contributed by atoms with Crippen LogP contribution in [0.5, 0.6) is 0 Å².